The summed E-state index contributed by atoms with van der Waals surface area (Å²) in [5, 5.41) is 3.65. The molecule has 4 heterocycles. The molecule has 4 aromatic heterocycles. The maximum atomic E-state index is 6.85. The fourth-order valence-corrected chi connectivity index (χ4v) is 8.58. The molecule has 6 aromatic carbocycles. The summed E-state index contributed by atoms with van der Waals surface area (Å²) in [5.74, 6) is 0. The molecule has 11 rings (SSSR count). The fraction of sp³-hybridized carbons (Fsp3) is 0.0182. The van der Waals surface area contributed by atoms with Crippen molar-refractivity contribution in [3.8, 4) is 78.3 Å². The summed E-state index contributed by atoms with van der Waals surface area (Å²) in [6, 6.07) is 58.0. The van der Waals surface area contributed by atoms with E-state index in [0.717, 1.165) is 67.8 Å². The predicted molar refractivity (Wildman–Crippen MR) is 248 cm³/mol. The molecule has 1 aliphatic carbocycles. The first-order valence-corrected chi connectivity index (χ1v) is 20.2. The number of hydrogen-bond donors (Lipinski definition) is 1. The van der Waals surface area contributed by atoms with Crippen LogP contribution in [-0.4, -0.2) is 19.9 Å². The number of nitrogens with two attached hydrogens (primary N) is 1. The van der Waals surface area contributed by atoms with E-state index >= 15 is 0 Å². The second kappa shape index (κ2) is 14.7. The SMILES string of the molecule is Nc1c(/C=C\Cc2cccc(-c3cc(-c4ccncc4)nc(-c4ccncc4)c3)c2)ccc2ccc(-c3ccc(-c4ccc5c(c4)-c4cccc6cccc-5c46)cc3)nc12. The lowest BCUT2D eigenvalue weighted by atomic mass is 9.96. The van der Waals surface area contributed by atoms with Crippen LogP contribution in [0, 0.1) is 0 Å². The fourth-order valence-electron chi connectivity index (χ4n) is 8.58. The lowest BCUT2D eigenvalue weighted by Crippen LogP contribution is -1.95. The molecule has 0 fully saturated rings. The van der Waals surface area contributed by atoms with E-state index in [4.69, 9.17) is 15.7 Å². The molecule has 0 bridgehead atoms. The van der Waals surface area contributed by atoms with Gasteiger partial charge < -0.3 is 5.73 Å². The predicted octanol–water partition coefficient (Wildman–Crippen LogP) is 13.4. The van der Waals surface area contributed by atoms with Crippen LogP contribution in [0.2, 0.25) is 0 Å². The summed E-state index contributed by atoms with van der Waals surface area (Å²) >= 11 is 0. The topological polar surface area (TPSA) is 77.6 Å². The zero-order valence-corrected chi connectivity index (χ0v) is 32.6. The molecule has 0 saturated carbocycles. The van der Waals surface area contributed by atoms with Gasteiger partial charge in [0.05, 0.1) is 28.3 Å². The normalized spacial score (nSPS) is 11.7. The zero-order chi connectivity index (χ0) is 40.0. The van der Waals surface area contributed by atoms with Gasteiger partial charge in [0.2, 0.25) is 0 Å². The van der Waals surface area contributed by atoms with E-state index in [-0.39, 0.29) is 0 Å². The van der Waals surface area contributed by atoms with Gasteiger partial charge in [0, 0.05) is 46.9 Å². The van der Waals surface area contributed by atoms with E-state index in [9.17, 15) is 0 Å². The maximum Gasteiger partial charge on any atom is 0.0944 e. The highest BCUT2D eigenvalue weighted by Gasteiger charge is 2.21. The van der Waals surface area contributed by atoms with E-state index in [1.807, 2.05) is 24.3 Å². The highest BCUT2D eigenvalue weighted by molar-refractivity contribution is 6.15. The molecule has 282 valence electrons. The van der Waals surface area contributed by atoms with Crippen LogP contribution in [0.25, 0.3) is 106 Å². The highest BCUT2D eigenvalue weighted by atomic mass is 14.7. The Bertz CT molecular complexity index is 3220. The van der Waals surface area contributed by atoms with Crippen LogP contribution in [-0.2, 0) is 6.42 Å². The van der Waals surface area contributed by atoms with Crippen molar-refractivity contribution in [3.05, 3.63) is 206 Å². The number of fused-ring (bicyclic) bond motifs is 4. The standard InChI is InChI=1S/C55H37N5/c56-54-41(9-1-5-35-6-2-10-43(31-35)45-33-51(38-23-27-57-28-24-38)59-52(34-45)39-25-29-58-30-26-39)17-18-42-20-22-50(60-55(42)54)37-15-13-36(14-16-37)44-19-21-46-47-11-3-7-40-8-4-12-48(53(40)47)49(46)32-44/h1-4,6-34H,5,56H2/b9-1-. The molecule has 0 amide bonds. The number of aromatic nitrogens is 4. The number of benzene rings is 6. The van der Waals surface area contributed by atoms with Gasteiger partial charge in [0.1, 0.15) is 0 Å². The number of anilines is 1. The first-order chi connectivity index (χ1) is 29.6. The van der Waals surface area contributed by atoms with Crippen LogP contribution in [0.15, 0.2) is 195 Å². The van der Waals surface area contributed by atoms with Crippen LogP contribution in [0.1, 0.15) is 11.1 Å². The molecule has 5 heteroatoms. The molecule has 10 aromatic rings. The summed E-state index contributed by atoms with van der Waals surface area (Å²) < 4.78 is 0. The smallest absolute Gasteiger partial charge is 0.0944 e. The monoisotopic (exact) mass is 767 g/mol. The second-order valence-electron chi connectivity index (χ2n) is 15.3. The molecule has 0 saturated heterocycles. The number of hydrogen-bond acceptors (Lipinski definition) is 5. The van der Waals surface area contributed by atoms with Crippen LogP contribution < -0.4 is 5.73 Å². The van der Waals surface area contributed by atoms with Gasteiger partial charge in [-0.25, -0.2) is 9.97 Å². The summed E-state index contributed by atoms with van der Waals surface area (Å²) in [6.07, 6.45) is 12.2. The largest absolute Gasteiger partial charge is 0.396 e. The van der Waals surface area contributed by atoms with Crippen molar-refractivity contribution in [1.29, 1.82) is 0 Å². The Morgan fingerprint density at radius 3 is 1.77 bits per heavy atom. The number of rotatable bonds is 8. The number of nitrogen functional groups attached to an aromatic ring is 1. The summed E-state index contributed by atoms with van der Waals surface area (Å²) in [4.78, 5) is 18.5. The van der Waals surface area contributed by atoms with Crippen molar-refractivity contribution >= 4 is 33.4 Å². The van der Waals surface area contributed by atoms with Crippen molar-refractivity contribution in [3.63, 3.8) is 0 Å². The minimum atomic E-state index is 0.675. The van der Waals surface area contributed by atoms with Crippen LogP contribution >= 0.6 is 0 Å². The summed E-state index contributed by atoms with van der Waals surface area (Å²) in [5.41, 5.74) is 26.1. The van der Waals surface area contributed by atoms with Crippen molar-refractivity contribution in [2.24, 2.45) is 0 Å². The first kappa shape index (κ1) is 35.2. The van der Waals surface area contributed by atoms with Gasteiger partial charge in [0.15, 0.2) is 0 Å². The van der Waals surface area contributed by atoms with Gasteiger partial charge in [-0.15, -0.1) is 0 Å². The van der Waals surface area contributed by atoms with E-state index in [1.54, 1.807) is 24.8 Å². The van der Waals surface area contributed by atoms with Crippen LogP contribution in [0.5, 0.6) is 0 Å². The van der Waals surface area contributed by atoms with E-state index < -0.39 is 0 Å². The highest BCUT2D eigenvalue weighted by Crippen LogP contribution is 2.48. The van der Waals surface area contributed by atoms with Crippen molar-refractivity contribution < 1.29 is 0 Å². The zero-order valence-electron chi connectivity index (χ0n) is 32.6. The first-order valence-electron chi connectivity index (χ1n) is 20.2. The van der Waals surface area contributed by atoms with Crippen molar-refractivity contribution in [2.75, 3.05) is 5.73 Å². The quantitative estimate of drug-likeness (QED) is 0.156. The Kier molecular flexibility index (Phi) is 8.63. The molecule has 0 aliphatic heterocycles. The van der Waals surface area contributed by atoms with Crippen LogP contribution in [0.3, 0.4) is 0 Å². The Hall–Kier alpha value is -8.02. The minimum absolute atomic E-state index is 0.675. The Labute approximate surface area is 348 Å². The molecule has 0 radical (unpaired) electrons. The Morgan fingerprint density at radius 1 is 0.417 bits per heavy atom. The van der Waals surface area contributed by atoms with Gasteiger partial charge in [-0.1, -0.05) is 127 Å². The molecule has 0 atom stereocenters. The third kappa shape index (κ3) is 6.39. The third-order valence-corrected chi connectivity index (χ3v) is 11.6. The van der Waals surface area contributed by atoms with Gasteiger partial charge in [-0.05, 0) is 121 Å². The molecule has 2 N–H and O–H groups in total. The molecule has 1 aliphatic rings. The van der Waals surface area contributed by atoms with E-state index in [1.165, 1.54) is 49.7 Å². The number of nitrogens with zero attached hydrogens (tertiary/aromatic N) is 4. The molecule has 60 heavy (non-hydrogen) atoms. The minimum Gasteiger partial charge on any atom is -0.396 e. The molecular weight excluding hydrogens is 731 g/mol. The summed E-state index contributed by atoms with van der Waals surface area (Å²) in [6.45, 7) is 0. The van der Waals surface area contributed by atoms with Crippen molar-refractivity contribution in [1.82, 2.24) is 19.9 Å². The van der Waals surface area contributed by atoms with Gasteiger partial charge >= 0.3 is 0 Å². The molecular formula is C55H37N5. The van der Waals surface area contributed by atoms with Crippen molar-refractivity contribution in [2.45, 2.75) is 6.42 Å². The Balaban J connectivity index is 0.837. The second-order valence-corrected chi connectivity index (χ2v) is 15.3. The van der Waals surface area contributed by atoms with E-state index in [2.05, 4.69) is 162 Å². The average molecular weight is 768 g/mol. The molecule has 0 unspecified atom stereocenters. The average Bonchev–Trinajstić information content (AvgIpc) is 3.64. The third-order valence-electron chi connectivity index (χ3n) is 11.6. The number of pyridine rings is 4. The Morgan fingerprint density at radius 2 is 1.03 bits per heavy atom. The van der Waals surface area contributed by atoms with E-state index in [0.29, 0.717) is 5.69 Å². The lowest BCUT2D eigenvalue weighted by Gasteiger charge is -2.11. The molecule has 0 spiro atoms. The number of allylic oxidation sites excluding steroid dienone is 1. The van der Waals surface area contributed by atoms with Gasteiger partial charge in [0.25, 0.3) is 0 Å². The maximum absolute atomic E-state index is 6.85. The lowest BCUT2D eigenvalue weighted by molar-refractivity contribution is 1.26. The molecule has 5 nitrogen and oxygen atoms in total. The van der Waals surface area contributed by atoms with Crippen LogP contribution in [0.4, 0.5) is 5.69 Å². The summed E-state index contributed by atoms with van der Waals surface area (Å²) in [7, 11) is 0. The van der Waals surface area contributed by atoms with Gasteiger partial charge in [-0.2, -0.15) is 0 Å². The van der Waals surface area contributed by atoms with Gasteiger partial charge in [-0.3, -0.25) is 9.97 Å².